The molecule has 2 rings (SSSR count). The van der Waals surface area contributed by atoms with Gasteiger partial charge in [0.25, 0.3) is 0 Å². The molecule has 15 heavy (non-hydrogen) atoms. The molecule has 6 heteroatoms. The summed E-state index contributed by atoms with van der Waals surface area (Å²) in [5.41, 5.74) is 0. The Labute approximate surface area is 95.0 Å². The number of imidazole rings is 1. The number of nitrogens with zero attached hydrogens (tertiary/aromatic N) is 2. The molecule has 1 aliphatic rings. The van der Waals surface area contributed by atoms with Gasteiger partial charge in [0.2, 0.25) is 0 Å². The van der Waals surface area contributed by atoms with Crippen LogP contribution in [0.3, 0.4) is 0 Å². The van der Waals surface area contributed by atoms with Crippen molar-refractivity contribution in [2.45, 2.75) is 42.8 Å². The molecule has 0 atom stereocenters. The quantitative estimate of drug-likeness (QED) is 0.800. The Balaban J connectivity index is 2.61. The van der Waals surface area contributed by atoms with Crippen LogP contribution in [0.15, 0.2) is 10.1 Å². The molecule has 1 aromatic rings. The summed E-state index contributed by atoms with van der Waals surface area (Å²) in [5, 5.41) is 0.664. The first kappa shape index (κ1) is 11.0. The molecule has 2 heterocycles. The molecule has 4 nitrogen and oxygen atoms in total. The smallest absolute Gasteiger partial charge is 0.196 e. The number of hydrogen-bond donors (Lipinski definition) is 1. The fourth-order valence-electron chi connectivity index (χ4n) is 1.89. The molecule has 0 radical (unpaired) electrons. The Morgan fingerprint density at radius 1 is 1.47 bits per heavy atom. The first-order chi connectivity index (χ1) is 7.06. The van der Waals surface area contributed by atoms with Gasteiger partial charge < -0.3 is 4.57 Å². The molecule has 0 saturated carbocycles. The van der Waals surface area contributed by atoms with E-state index in [0.29, 0.717) is 10.1 Å². The van der Waals surface area contributed by atoms with Crippen molar-refractivity contribution in [1.29, 1.82) is 0 Å². The molecule has 0 bridgehead atoms. The highest BCUT2D eigenvalue weighted by atomic mass is 32.2. The molecule has 0 fully saturated rings. The van der Waals surface area contributed by atoms with Gasteiger partial charge >= 0.3 is 0 Å². The van der Waals surface area contributed by atoms with E-state index >= 15 is 0 Å². The molecule has 0 aromatic carbocycles. The summed E-state index contributed by atoms with van der Waals surface area (Å²) in [6.45, 7) is 2.39. The summed E-state index contributed by atoms with van der Waals surface area (Å²) < 4.78 is 25.5. The second-order valence-corrected chi connectivity index (χ2v) is 6.29. The molecule has 1 aliphatic heterocycles. The number of aryl methyl sites for hydroxylation is 1. The van der Waals surface area contributed by atoms with E-state index in [-0.39, 0.29) is 5.75 Å². The molecule has 0 unspecified atom stereocenters. The van der Waals surface area contributed by atoms with Crippen LogP contribution in [0.5, 0.6) is 0 Å². The van der Waals surface area contributed by atoms with Crippen LogP contribution in [-0.2, 0) is 22.8 Å². The topological polar surface area (TPSA) is 52.0 Å². The largest absolute Gasteiger partial charge is 0.318 e. The van der Waals surface area contributed by atoms with Gasteiger partial charge in [-0.15, -0.1) is 12.6 Å². The lowest BCUT2D eigenvalue weighted by molar-refractivity contribution is 0.486. The summed E-state index contributed by atoms with van der Waals surface area (Å²) in [6, 6.07) is 0. The molecular weight excluding hydrogens is 232 g/mol. The Kier molecular flexibility index (Phi) is 2.81. The van der Waals surface area contributed by atoms with Crippen LogP contribution in [0.25, 0.3) is 0 Å². The van der Waals surface area contributed by atoms with Crippen LogP contribution < -0.4 is 0 Å². The molecular formula is C9H14N2O2S2. The third kappa shape index (κ3) is 1.80. The Hall–Kier alpha value is -0.490. The van der Waals surface area contributed by atoms with Gasteiger partial charge in [0.15, 0.2) is 14.9 Å². The van der Waals surface area contributed by atoms with E-state index in [4.69, 9.17) is 0 Å². The van der Waals surface area contributed by atoms with Gasteiger partial charge in [-0.05, 0) is 12.8 Å². The molecule has 1 aromatic heterocycles. The van der Waals surface area contributed by atoms with Gasteiger partial charge in [-0.2, -0.15) is 0 Å². The predicted molar refractivity (Wildman–Crippen MR) is 60.1 cm³/mol. The highest BCUT2D eigenvalue weighted by Crippen LogP contribution is 2.26. The first-order valence-corrected chi connectivity index (χ1v) is 7.17. The monoisotopic (exact) mass is 246 g/mol. The Bertz CT molecular complexity index is 477. The summed E-state index contributed by atoms with van der Waals surface area (Å²) in [5.74, 6) is 0.962. The van der Waals surface area contributed by atoms with Crippen molar-refractivity contribution in [3.05, 3.63) is 5.82 Å². The van der Waals surface area contributed by atoms with Crippen molar-refractivity contribution >= 4 is 22.5 Å². The van der Waals surface area contributed by atoms with Crippen LogP contribution >= 0.6 is 12.6 Å². The third-order valence-corrected chi connectivity index (χ3v) is 4.92. The molecule has 0 saturated heterocycles. The van der Waals surface area contributed by atoms with E-state index in [1.54, 1.807) is 6.92 Å². The lowest BCUT2D eigenvalue weighted by Gasteiger charge is -2.15. The number of aromatic nitrogens is 2. The van der Waals surface area contributed by atoms with Crippen molar-refractivity contribution in [2.75, 3.05) is 5.75 Å². The van der Waals surface area contributed by atoms with Gasteiger partial charge in [-0.1, -0.05) is 6.92 Å². The van der Waals surface area contributed by atoms with Gasteiger partial charge in [0.1, 0.15) is 10.9 Å². The zero-order valence-electron chi connectivity index (χ0n) is 8.60. The molecule has 0 N–H and O–H groups in total. The van der Waals surface area contributed by atoms with Gasteiger partial charge in [0.05, 0.1) is 5.75 Å². The third-order valence-electron chi connectivity index (χ3n) is 2.69. The normalized spacial score (nSPS) is 16.4. The average Bonchev–Trinajstić information content (AvgIpc) is 2.54. The highest BCUT2D eigenvalue weighted by Gasteiger charge is 2.26. The highest BCUT2D eigenvalue weighted by molar-refractivity contribution is 7.92. The second-order valence-electron chi connectivity index (χ2n) is 3.67. The molecule has 0 spiro atoms. The predicted octanol–water partition coefficient (Wildman–Crippen LogP) is 1.30. The number of thiol groups is 1. The number of rotatable bonds is 2. The zero-order valence-corrected chi connectivity index (χ0v) is 10.3. The SMILES string of the molecule is CCS(=O)(=O)c1c(S)nc2n1CCCC2. The molecule has 0 aliphatic carbocycles. The standard InChI is InChI=1S/C9H14N2O2S2/c1-2-15(12,13)9-8(14)10-7-5-3-4-6-11(7)9/h14H,2-6H2,1H3. The summed E-state index contributed by atoms with van der Waals surface area (Å²) in [6.07, 6.45) is 2.95. The van der Waals surface area contributed by atoms with E-state index in [1.807, 2.05) is 4.57 Å². The van der Waals surface area contributed by atoms with Crippen LogP contribution in [-0.4, -0.2) is 23.7 Å². The van der Waals surface area contributed by atoms with E-state index in [0.717, 1.165) is 31.6 Å². The second kappa shape index (κ2) is 3.83. The minimum atomic E-state index is -3.20. The van der Waals surface area contributed by atoms with E-state index in [2.05, 4.69) is 17.6 Å². The minimum Gasteiger partial charge on any atom is -0.318 e. The summed E-state index contributed by atoms with van der Waals surface area (Å²) in [4.78, 5) is 4.21. The summed E-state index contributed by atoms with van der Waals surface area (Å²) >= 11 is 4.16. The van der Waals surface area contributed by atoms with Gasteiger partial charge in [-0.25, -0.2) is 13.4 Å². The van der Waals surface area contributed by atoms with Crippen LogP contribution in [0.2, 0.25) is 0 Å². The average molecular weight is 246 g/mol. The number of hydrogen-bond acceptors (Lipinski definition) is 4. The summed E-state index contributed by atoms with van der Waals surface area (Å²) in [7, 11) is -3.20. The molecule has 84 valence electrons. The maximum atomic E-state index is 11.8. The van der Waals surface area contributed by atoms with Crippen molar-refractivity contribution < 1.29 is 8.42 Å². The van der Waals surface area contributed by atoms with Crippen molar-refractivity contribution in [3.8, 4) is 0 Å². The van der Waals surface area contributed by atoms with E-state index in [9.17, 15) is 8.42 Å². The van der Waals surface area contributed by atoms with Gasteiger partial charge in [-0.3, -0.25) is 0 Å². The van der Waals surface area contributed by atoms with Crippen molar-refractivity contribution in [1.82, 2.24) is 9.55 Å². The zero-order chi connectivity index (χ0) is 11.1. The lowest BCUT2D eigenvalue weighted by atomic mass is 10.2. The number of sulfone groups is 1. The Morgan fingerprint density at radius 3 is 2.87 bits per heavy atom. The first-order valence-electron chi connectivity index (χ1n) is 5.07. The fraction of sp³-hybridized carbons (Fsp3) is 0.667. The maximum absolute atomic E-state index is 11.8. The molecule has 0 amide bonds. The number of fused-ring (bicyclic) bond motifs is 1. The van der Waals surface area contributed by atoms with Crippen molar-refractivity contribution in [3.63, 3.8) is 0 Å². The lowest BCUT2D eigenvalue weighted by Crippen LogP contribution is -2.17. The van der Waals surface area contributed by atoms with Crippen LogP contribution in [0, 0.1) is 0 Å². The Morgan fingerprint density at radius 2 is 2.20 bits per heavy atom. The van der Waals surface area contributed by atoms with Crippen molar-refractivity contribution in [2.24, 2.45) is 0 Å². The minimum absolute atomic E-state index is 0.103. The van der Waals surface area contributed by atoms with Crippen LogP contribution in [0.4, 0.5) is 0 Å². The van der Waals surface area contributed by atoms with Crippen LogP contribution in [0.1, 0.15) is 25.6 Å². The van der Waals surface area contributed by atoms with E-state index in [1.165, 1.54) is 0 Å². The van der Waals surface area contributed by atoms with E-state index < -0.39 is 9.84 Å². The van der Waals surface area contributed by atoms with Gasteiger partial charge in [0, 0.05) is 13.0 Å². The fourth-order valence-corrected chi connectivity index (χ4v) is 3.67. The maximum Gasteiger partial charge on any atom is 0.196 e.